The molecule has 1 amide bonds. The molecular weight excluding hydrogens is 333 g/mol. The monoisotopic (exact) mass is 354 g/mol. The van der Waals surface area contributed by atoms with Gasteiger partial charge >= 0.3 is 6.18 Å². The van der Waals surface area contributed by atoms with Gasteiger partial charge in [0.1, 0.15) is 5.69 Å². The smallest absolute Gasteiger partial charge is 0.352 e. The summed E-state index contributed by atoms with van der Waals surface area (Å²) in [6, 6.07) is 3.95. The Bertz CT molecular complexity index is 768. The summed E-state index contributed by atoms with van der Waals surface area (Å²) in [6.45, 7) is 8.26. The number of amides is 1. The maximum atomic E-state index is 12.6. The number of halogens is 3. The Kier molecular flexibility index (Phi) is 5.49. The fraction of sp³-hybridized carbons (Fsp3) is 0.471. The van der Waals surface area contributed by atoms with Gasteiger partial charge < -0.3 is 5.32 Å². The number of rotatable bonds is 5. The van der Waals surface area contributed by atoms with Gasteiger partial charge in [-0.2, -0.15) is 18.3 Å². The predicted molar refractivity (Wildman–Crippen MR) is 87.2 cm³/mol. The minimum atomic E-state index is -4.52. The SMILES string of the molecule is Cc1cc(C)n(CC(C)CNC(=O)c2ccc(C(F)(F)F)nc2C)n1. The lowest BCUT2D eigenvalue weighted by atomic mass is 10.1. The van der Waals surface area contributed by atoms with Crippen molar-refractivity contribution in [2.45, 2.75) is 40.4 Å². The van der Waals surface area contributed by atoms with Crippen LogP contribution >= 0.6 is 0 Å². The summed E-state index contributed by atoms with van der Waals surface area (Å²) < 4.78 is 39.7. The first-order valence-electron chi connectivity index (χ1n) is 7.92. The van der Waals surface area contributed by atoms with Crippen LogP contribution in [0.1, 0.15) is 40.1 Å². The molecular formula is C17H21F3N4O. The summed E-state index contributed by atoms with van der Waals surface area (Å²) in [4.78, 5) is 15.7. The average molecular weight is 354 g/mol. The summed E-state index contributed by atoms with van der Waals surface area (Å²) in [5, 5.41) is 7.11. The third kappa shape index (κ3) is 4.80. The lowest BCUT2D eigenvalue weighted by molar-refractivity contribution is -0.141. The maximum absolute atomic E-state index is 12.6. The minimum Gasteiger partial charge on any atom is -0.352 e. The number of carbonyl (C=O) groups excluding carboxylic acids is 1. The lowest BCUT2D eigenvalue weighted by Crippen LogP contribution is -2.31. The van der Waals surface area contributed by atoms with Gasteiger partial charge in [-0.1, -0.05) is 6.92 Å². The van der Waals surface area contributed by atoms with Crippen molar-refractivity contribution >= 4 is 5.91 Å². The number of alkyl halides is 3. The highest BCUT2D eigenvalue weighted by Gasteiger charge is 2.33. The number of carbonyl (C=O) groups is 1. The van der Waals surface area contributed by atoms with Gasteiger partial charge in [-0.05, 0) is 44.9 Å². The van der Waals surface area contributed by atoms with Crippen LogP contribution < -0.4 is 5.32 Å². The van der Waals surface area contributed by atoms with Crippen LogP contribution in [0.15, 0.2) is 18.2 Å². The molecule has 0 saturated carbocycles. The minimum absolute atomic E-state index is 0.0542. The summed E-state index contributed by atoms with van der Waals surface area (Å²) in [6.07, 6.45) is -4.52. The van der Waals surface area contributed by atoms with Gasteiger partial charge in [0, 0.05) is 18.8 Å². The number of pyridine rings is 1. The quantitative estimate of drug-likeness (QED) is 0.896. The molecule has 0 fully saturated rings. The molecule has 0 bridgehead atoms. The van der Waals surface area contributed by atoms with Crippen LogP contribution in [0.25, 0.3) is 0 Å². The molecule has 136 valence electrons. The predicted octanol–water partition coefficient (Wildman–Crippen LogP) is 3.29. The zero-order chi connectivity index (χ0) is 18.8. The number of aromatic nitrogens is 3. The van der Waals surface area contributed by atoms with Gasteiger partial charge in [0.15, 0.2) is 0 Å². The third-order valence-electron chi connectivity index (χ3n) is 3.82. The molecule has 0 radical (unpaired) electrons. The molecule has 0 spiro atoms. The normalized spacial score (nSPS) is 12.9. The van der Waals surface area contributed by atoms with Crippen molar-refractivity contribution in [1.29, 1.82) is 0 Å². The van der Waals surface area contributed by atoms with Crippen molar-refractivity contribution in [3.05, 3.63) is 46.5 Å². The molecule has 0 aliphatic carbocycles. The Morgan fingerprint density at radius 3 is 2.48 bits per heavy atom. The van der Waals surface area contributed by atoms with E-state index in [1.54, 1.807) is 0 Å². The van der Waals surface area contributed by atoms with Crippen LogP contribution in [0.3, 0.4) is 0 Å². The number of hydrogen-bond donors (Lipinski definition) is 1. The van der Waals surface area contributed by atoms with Gasteiger partial charge in [0.2, 0.25) is 0 Å². The fourth-order valence-corrected chi connectivity index (χ4v) is 2.54. The Balaban J connectivity index is 1.97. The van der Waals surface area contributed by atoms with Crippen molar-refractivity contribution in [2.75, 3.05) is 6.54 Å². The highest BCUT2D eigenvalue weighted by molar-refractivity contribution is 5.95. The Morgan fingerprint density at radius 1 is 1.28 bits per heavy atom. The van der Waals surface area contributed by atoms with Crippen molar-refractivity contribution < 1.29 is 18.0 Å². The van der Waals surface area contributed by atoms with E-state index >= 15 is 0 Å². The van der Waals surface area contributed by atoms with E-state index in [1.807, 2.05) is 31.5 Å². The average Bonchev–Trinajstić information content (AvgIpc) is 2.81. The standard InChI is InChI=1S/C17H21F3N4O/c1-10(9-24-12(3)7-11(2)23-24)8-21-16(25)14-5-6-15(17(18,19)20)22-13(14)4/h5-7,10H,8-9H2,1-4H3,(H,21,25). The van der Waals surface area contributed by atoms with Crippen LogP contribution in [-0.4, -0.2) is 27.2 Å². The van der Waals surface area contributed by atoms with E-state index in [0.717, 1.165) is 23.5 Å². The summed E-state index contributed by atoms with van der Waals surface area (Å²) in [5.41, 5.74) is 1.17. The van der Waals surface area contributed by atoms with E-state index in [2.05, 4.69) is 15.4 Å². The van der Waals surface area contributed by atoms with Crippen LogP contribution in [-0.2, 0) is 12.7 Å². The number of nitrogens with one attached hydrogen (secondary N) is 1. The fourth-order valence-electron chi connectivity index (χ4n) is 2.54. The zero-order valence-electron chi connectivity index (χ0n) is 14.6. The highest BCUT2D eigenvalue weighted by atomic mass is 19.4. The first kappa shape index (κ1) is 19.0. The second kappa shape index (κ2) is 7.25. The second-order valence-electron chi connectivity index (χ2n) is 6.25. The van der Waals surface area contributed by atoms with Gasteiger partial charge in [-0.25, -0.2) is 4.98 Å². The van der Waals surface area contributed by atoms with Crippen LogP contribution in [0.5, 0.6) is 0 Å². The first-order valence-corrected chi connectivity index (χ1v) is 7.92. The molecule has 5 nitrogen and oxygen atoms in total. The third-order valence-corrected chi connectivity index (χ3v) is 3.82. The first-order chi connectivity index (χ1) is 11.6. The maximum Gasteiger partial charge on any atom is 0.433 e. The van der Waals surface area contributed by atoms with Gasteiger partial charge in [0.25, 0.3) is 5.91 Å². The molecule has 8 heteroatoms. The van der Waals surface area contributed by atoms with Crippen molar-refractivity contribution in [1.82, 2.24) is 20.1 Å². The Hall–Kier alpha value is -2.38. The number of hydrogen-bond acceptors (Lipinski definition) is 3. The van der Waals surface area contributed by atoms with Gasteiger partial charge in [0.05, 0.1) is 17.0 Å². The number of nitrogens with zero attached hydrogens (tertiary/aromatic N) is 3. The second-order valence-corrected chi connectivity index (χ2v) is 6.25. The van der Waals surface area contributed by atoms with Crippen molar-refractivity contribution in [3.8, 4) is 0 Å². The van der Waals surface area contributed by atoms with Crippen LogP contribution in [0.4, 0.5) is 13.2 Å². The summed E-state index contributed by atoms with van der Waals surface area (Å²) in [5.74, 6) is -0.316. The Morgan fingerprint density at radius 2 is 1.96 bits per heavy atom. The highest BCUT2D eigenvalue weighted by Crippen LogP contribution is 2.28. The molecule has 2 aromatic heterocycles. The molecule has 25 heavy (non-hydrogen) atoms. The molecule has 1 atom stereocenters. The van der Waals surface area contributed by atoms with E-state index in [9.17, 15) is 18.0 Å². The van der Waals surface area contributed by atoms with Crippen LogP contribution in [0, 0.1) is 26.7 Å². The van der Waals surface area contributed by atoms with Crippen molar-refractivity contribution in [3.63, 3.8) is 0 Å². The van der Waals surface area contributed by atoms with Gasteiger partial charge in [-0.15, -0.1) is 0 Å². The molecule has 1 unspecified atom stereocenters. The van der Waals surface area contributed by atoms with E-state index in [0.29, 0.717) is 13.1 Å². The number of aryl methyl sites for hydroxylation is 3. The van der Waals surface area contributed by atoms with Gasteiger partial charge in [-0.3, -0.25) is 9.48 Å². The van der Waals surface area contributed by atoms with E-state index in [4.69, 9.17) is 0 Å². The molecule has 2 heterocycles. The summed E-state index contributed by atoms with van der Waals surface area (Å²) >= 11 is 0. The van der Waals surface area contributed by atoms with Crippen molar-refractivity contribution in [2.24, 2.45) is 5.92 Å². The topological polar surface area (TPSA) is 59.8 Å². The molecule has 0 aliphatic rings. The Labute approximate surface area is 144 Å². The summed E-state index contributed by atoms with van der Waals surface area (Å²) in [7, 11) is 0. The van der Waals surface area contributed by atoms with E-state index in [1.165, 1.54) is 6.92 Å². The lowest BCUT2D eigenvalue weighted by Gasteiger charge is -2.15. The largest absolute Gasteiger partial charge is 0.433 e. The molecule has 0 saturated heterocycles. The zero-order valence-corrected chi connectivity index (χ0v) is 14.6. The van der Waals surface area contributed by atoms with E-state index < -0.39 is 17.8 Å². The molecule has 0 aromatic carbocycles. The molecule has 2 rings (SSSR count). The molecule has 1 N–H and O–H groups in total. The van der Waals surface area contributed by atoms with Crippen LogP contribution in [0.2, 0.25) is 0 Å². The molecule has 2 aromatic rings. The van der Waals surface area contributed by atoms with E-state index in [-0.39, 0.29) is 17.2 Å². The molecule has 0 aliphatic heterocycles.